The van der Waals surface area contributed by atoms with E-state index in [0.717, 1.165) is 5.75 Å². The first-order valence-corrected chi connectivity index (χ1v) is 8.32. The molecule has 0 N–H and O–H groups in total. The molecule has 0 atom stereocenters. The molecule has 0 bridgehead atoms. The average Bonchev–Trinajstić information content (AvgIpc) is 2.70. The fraction of sp³-hybridized carbons (Fsp3) is 0.350. The molecule has 0 radical (unpaired) electrons. The van der Waals surface area contributed by atoms with Crippen molar-refractivity contribution in [3.05, 3.63) is 42.0 Å². The fourth-order valence-corrected chi connectivity index (χ4v) is 2.44. The summed E-state index contributed by atoms with van der Waals surface area (Å²) in [6.45, 7) is 0.405. The number of rotatable bonds is 10. The van der Waals surface area contributed by atoms with Crippen LogP contribution >= 0.6 is 0 Å². The van der Waals surface area contributed by atoms with Crippen molar-refractivity contribution in [3.63, 3.8) is 0 Å². The van der Waals surface area contributed by atoms with Crippen LogP contribution in [0.25, 0.3) is 0 Å². The van der Waals surface area contributed by atoms with Gasteiger partial charge < -0.3 is 28.4 Å². The summed E-state index contributed by atoms with van der Waals surface area (Å²) in [4.78, 5) is 12.1. The quantitative estimate of drug-likeness (QED) is 0.466. The molecule has 0 fully saturated rings. The van der Waals surface area contributed by atoms with Crippen molar-refractivity contribution in [3.8, 4) is 28.7 Å². The number of carbonyl (C=O) groups excluding carboxylic acids is 1. The van der Waals surface area contributed by atoms with E-state index in [1.165, 1.54) is 21.3 Å². The molecule has 0 unspecified atom stereocenters. The highest BCUT2D eigenvalue weighted by molar-refractivity contribution is 5.73. The molecule has 0 aliphatic heterocycles. The SMILES string of the molecule is COc1ccc(OCCOC(=O)Cc2cc(OC)c(OC)c(OC)c2)cc1. The van der Waals surface area contributed by atoms with Crippen LogP contribution in [0, 0.1) is 0 Å². The molecule has 0 aliphatic rings. The van der Waals surface area contributed by atoms with Crippen molar-refractivity contribution < 1.29 is 33.2 Å². The maximum atomic E-state index is 12.1. The van der Waals surface area contributed by atoms with Crippen LogP contribution in [0.1, 0.15) is 5.56 Å². The van der Waals surface area contributed by atoms with Crippen LogP contribution in [-0.4, -0.2) is 47.6 Å². The largest absolute Gasteiger partial charge is 0.497 e. The second-order valence-corrected chi connectivity index (χ2v) is 5.45. The van der Waals surface area contributed by atoms with Gasteiger partial charge in [-0.15, -0.1) is 0 Å². The minimum absolute atomic E-state index is 0.0826. The van der Waals surface area contributed by atoms with E-state index < -0.39 is 0 Å². The lowest BCUT2D eigenvalue weighted by Gasteiger charge is -2.14. The van der Waals surface area contributed by atoms with Gasteiger partial charge in [0.2, 0.25) is 5.75 Å². The molecule has 146 valence electrons. The number of hydrogen-bond acceptors (Lipinski definition) is 7. The Bertz CT molecular complexity index is 715. The van der Waals surface area contributed by atoms with Crippen LogP contribution in [0.3, 0.4) is 0 Å². The zero-order valence-electron chi connectivity index (χ0n) is 15.9. The number of esters is 1. The fourth-order valence-electron chi connectivity index (χ4n) is 2.44. The van der Waals surface area contributed by atoms with Crippen molar-refractivity contribution in [1.82, 2.24) is 0 Å². The lowest BCUT2D eigenvalue weighted by Crippen LogP contribution is -2.14. The van der Waals surface area contributed by atoms with Crippen LogP contribution in [0.15, 0.2) is 36.4 Å². The monoisotopic (exact) mass is 376 g/mol. The maximum Gasteiger partial charge on any atom is 0.310 e. The summed E-state index contributed by atoms with van der Waals surface area (Å²) in [5.41, 5.74) is 0.700. The number of methoxy groups -OCH3 is 4. The number of carbonyl (C=O) groups is 1. The summed E-state index contributed by atoms with van der Waals surface area (Å²) in [5.74, 6) is 2.51. The predicted molar refractivity (Wildman–Crippen MR) is 99.3 cm³/mol. The van der Waals surface area contributed by atoms with E-state index in [9.17, 15) is 4.79 Å². The number of hydrogen-bond donors (Lipinski definition) is 0. The van der Waals surface area contributed by atoms with Gasteiger partial charge in [-0.1, -0.05) is 0 Å². The first-order chi connectivity index (χ1) is 13.1. The Morgan fingerprint density at radius 1 is 0.778 bits per heavy atom. The smallest absolute Gasteiger partial charge is 0.310 e. The Morgan fingerprint density at radius 2 is 1.37 bits per heavy atom. The molecule has 2 aromatic rings. The van der Waals surface area contributed by atoms with Gasteiger partial charge in [-0.25, -0.2) is 0 Å². The van der Waals surface area contributed by atoms with Gasteiger partial charge >= 0.3 is 5.97 Å². The Balaban J connectivity index is 1.84. The van der Waals surface area contributed by atoms with E-state index >= 15 is 0 Å². The molecule has 0 saturated carbocycles. The molecule has 0 spiro atoms. The summed E-state index contributed by atoms with van der Waals surface area (Å²) in [7, 11) is 6.17. The Labute approximate surface area is 158 Å². The van der Waals surface area contributed by atoms with Gasteiger partial charge in [0.1, 0.15) is 24.7 Å². The summed E-state index contributed by atoms with van der Waals surface area (Å²) in [6, 6.07) is 10.6. The van der Waals surface area contributed by atoms with Gasteiger partial charge in [0.15, 0.2) is 11.5 Å². The number of ether oxygens (including phenoxy) is 6. The van der Waals surface area contributed by atoms with Crippen molar-refractivity contribution in [2.24, 2.45) is 0 Å². The van der Waals surface area contributed by atoms with E-state index in [2.05, 4.69) is 0 Å². The van der Waals surface area contributed by atoms with Gasteiger partial charge in [-0.05, 0) is 42.0 Å². The van der Waals surface area contributed by atoms with E-state index in [4.69, 9.17) is 28.4 Å². The second-order valence-electron chi connectivity index (χ2n) is 5.45. The number of benzene rings is 2. The molecule has 0 saturated heterocycles. The van der Waals surface area contributed by atoms with Crippen molar-refractivity contribution in [2.75, 3.05) is 41.7 Å². The Hall–Kier alpha value is -3.09. The normalized spacial score (nSPS) is 10.1. The van der Waals surface area contributed by atoms with E-state index in [0.29, 0.717) is 28.6 Å². The van der Waals surface area contributed by atoms with Crippen molar-refractivity contribution in [2.45, 2.75) is 6.42 Å². The third kappa shape index (κ3) is 5.70. The van der Waals surface area contributed by atoms with Gasteiger partial charge in [-0.2, -0.15) is 0 Å². The molecular formula is C20H24O7. The summed E-state index contributed by atoms with van der Waals surface area (Å²) >= 11 is 0. The third-order valence-electron chi connectivity index (χ3n) is 3.75. The van der Waals surface area contributed by atoms with E-state index in [-0.39, 0.29) is 25.6 Å². The van der Waals surface area contributed by atoms with Crippen LogP contribution in [-0.2, 0) is 16.0 Å². The van der Waals surface area contributed by atoms with Crippen LogP contribution in [0.4, 0.5) is 0 Å². The summed E-state index contributed by atoms with van der Waals surface area (Å²) < 4.78 is 31.6. The van der Waals surface area contributed by atoms with Gasteiger partial charge in [0.25, 0.3) is 0 Å². The van der Waals surface area contributed by atoms with E-state index in [1.54, 1.807) is 43.5 Å². The topological polar surface area (TPSA) is 72.5 Å². The first-order valence-electron chi connectivity index (χ1n) is 8.32. The summed E-state index contributed by atoms with van der Waals surface area (Å²) in [5, 5.41) is 0. The highest BCUT2D eigenvalue weighted by Crippen LogP contribution is 2.38. The highest BCUT2D eigenvalue weighted by atomic mass is 16.6. The molecule has 0 heterocycles. The molecule has 7 nitrogen and oxygen atoms in total. The van der Waals surface area contributed by atoms with Crippen LogP contribution < -0.4 is 23.7 Å². The molecule has 2 aromatic carbocycles. The van der Waals surface area contributed by atoms with Gasteiger partial charge in [-0.3, -0.25) is 4.79 Å². The molecule has 2 rings (SSSR count). The highest BCUT2D eigenvalue weighted by Gasteiger charge is 2.15. The Morgan fingerprint density at radius 3 is 1.89 bits per heavy atom. The molecule has 0 aromatic heterocycles. The van der Waals surface area contributed by atoms with Gasteiger partial charge in [0.05, 0.1) is 34.9 Å². The zero-order valence-corrected chi connectivity index (χ0v) is 15.9. The minimum atomic E-state index is -0.373. The molecule has 27 heavy (non-hydrogen) atoms. The van der Waals surface area contributed by atoms with Crippen LogP contribution in [0.5, 0.6) is 28.7 Å². The zero-order chi connectivity index (χ0) is 19.6. The molecule has 0 amide bonds. The third-order valence-corrected chi connectivity index (χ3v) is 3.75. The maximum absolute atomic E-state index is 12.1. The summed E-state index contributed by atoms with van der Waals surface area (Å²) in [6.07, 6.45) is 0.0826. The standard InChI is InChI=1S/C20H24O7/c1-22-15-5-7-16(8-6-15)26-9-10-27-19(21)13-14-11-17(23-2)20(25-4)18(12-14)24-3/h5-8,11-12H,9-10,13H2,1-4H3. The lowest BCUT2D eigenvalue weighted by molar-refractivity contribution is -0.143. The average molecular weight is 376 g/mol. The second kappa shape index (κ2) is 10.2. The lowest BCUT2D eigenvalue weighted by atomic mass is 10.1. The Kier molecular flexibility index (Phi) is 7.61. The first kappa shape index (κ1) is 20.2. The van der Waals surface area contributed by atoms with Crippen LogP contribution in [0.2, 0.25) is 0 Å². The van der Waals surface area contributed by atoms with Crippen molar-refractivity contribution >= 4 is 5.97 Å². The molecule has 7 heteroatoms. The van der Waals surface area contributed by atoms with E-state index in [1.807, 2.05) is 0 Å². The van der Waals surface area contributed by atoms with Gasteiger partial charge in [0, 0.05) is 0 Å². The molecule has 0 aliphatic carbocycles. The van der Waals surface area contributed by atoms with Crippen molar-refractivity contribution in [1.29, 1.82) is 0 Å². The molecular weight excluding hydrogens is 352 g/mol. The minimum Gasteiger partial charge on any atom is -0.497 e. The predicted octanol–water partition coefficient (Wildman–Crippen LogP) is 2.89.